The summed E-state index contributed by atoms with van der Waals surface area (Å²) < 4.78 is 12.4. The lowest BCUT2D eigenvalue weighted by molar-refractivity contribution is 0.156. The van der Waals surface area contributed by atoms with E-state index in [2.05, 4.69) is 29.2 Å². The summed E-state index contributed by atoms with van der Waals surface area (Å²) in [6.07, 6.45) is 0.983. The van der Waals surface area contributed by atoms with Crippen molar-refractivity contribution in [3.63, 3.8) is 0 Å². The summed E-state index contributed by atoms with van der Waals surface area (Å²) in [5, 5.41) is 5.29. The molecule has 0 bridgehead atoms. The molecule has 4 rings (SSSR count). The second-order valence-electron chi connectivity index (χ2n) is 7.24. The van der Waals surface area contributed by atoms with E-state index in [4.69, 9.17) is 14.2 Å². The molecule has 0 saturated carbocycles. The first-order valence-corrected chi connectivity index (χ1v) is 11.1. The topological polar surface area (TPSA) is 83.0 Å². The lowest BCUT2D eigenvalue weighted by Crippen LogP contribution is -2.28. The van der Waals surface area contributed by atoms with Crippen LogP contribution in [-0.4, -0.2) is 33.4 Å². The summed E-state index contributed by atoms with van der Waals surface area (Å²) in [5.41, 5.74) is 2.75. The van der Waals surface area contributed by atoms with Crippen molar-refractivity contribution >= 4 is 22.7 Å². The van der Waals surface area contributed by atoms with Gasteiger partial charge in [-0.05, 0) is 31.0 Å². The van der Waals surface area contributed by atoms with Crippen LogP contribution in [0, 0.1) is 0 Å². The van der Waals surface area contributed by atoms with Crippen LogP contribution >= 0.6 is 11.8 Å². The quantitative estimate of drug-likeness (QED) is 0.297. The highest BCUT2D eigenvalue weighted by Gasteiger charge is 2.18. The van der Waals surface area contributed by atoms with Crippen LogP contribution in [0.3, 0.4) is 0 Å². The van der Waals surface area contributed by atoms with Crippen molar-refractivity contribution in [3.8, 4) is 11.4 Å². The van der Waals surface area contributed by atoms with Gasteiger partial charge in [0.2, 0.25) is 11.7 Å². The Hall–Kier alpha value is -2.97. The number of fused-ring (bicyclic) bond motifs is 1. The highest BCUT2D eigenvalue weighted by molar-refractivity contribution is 7.98. The molecule has 0 amide bonds. The molecule has 2 heterocycles. The first-order chi connectivity index (χ1) is 15.1. The number of thioether (sulfide) groups is 1. The van der Waals surface area contributed by atoms with Crippen molar-refractivity contribution in [1.82, 2.24) is 19.7 Å². The number of nitrogens with zero attached hydrogens (tertiary/aromatic N) is 4. The van der Waals surface area contributed by atoms with E-state index in [9.17, 15) is 4.79 Å². The van der Waals surface area contributed by atoms with E-state index in [0.717, 1.165) is 12.0 Å². The molecule has 2 aromatic carbocycles. The van der Waals surface area contributed by atoms with E-state index >= 15 is 0 Å². The van der Waals surface area contributed by atoms with Gasteiger partial charge in [-0.3, -0.25) is 9.36 Å². The molecule has 160 valence electrons. The minimum Gasteiger partial charge on any atom is -0.383 e. The first-order valence-electron chi connectivity index (χ1n) is 10.2. The fraction of sp³-hybridized carbons (Fsp3) is 0.304. The molecule has 0 aliphatic carbocycles. The van der Waals surface area contributed by atoms with Crippen LogP contribution in [0.4, 0.5) is 0 Å². The van der Waals surface area contributed by atoms with Crippen LogP contribution in [0.2, 0.25) is 0 Å². The maximum Gasteiger partial charge on any atom is 0.262 e. The Balaban J connectivity index is 1.60. The standard InChI is InChI=1S/C23H24N4O3S/c1-4-16-9-11-17(12-10-16)21-25-20(30-26-21)14-31-23-24-19-8-6-5-7-18(19)22(28)27(23)15(2)13-29-3/h5-12,15H,4,13-14H2,1-3H3/t15-/m1/s1. The van der Waals surface area contributed by atoms with Gasteiger partial charge in [0.1, 0.15) is 0 Å². The van der Waals surface area contributed by atoms with Crippen molar-refractivity contribution in [1.29, 1.82) is 0 Å². The van der Waals surface area contributed by atoms with Gasteiger partial charge in [-0.2, -0.15) is 4.98 Å². The summed E-state index contributed by atoms with van der Waals surface area (Å²) in [7, 11) is 1.62. The predicted molar refractivity (Wildman–Crippen MR) is 121 cm³/mol. The van der Waals surface area contributed by atoms with Gasteiger partial charge < -0.3 is 9.26 Å². The van der Waals surface area contributed by atoms with Gasteiger partial charge in [0, 0.05) is 12.7 Å². The molecule has 0 spiro atoms. The largest absolute Gasteiger partial charge is 0.383 e. The number of rotatable bonds is 8. The summed E-state index contributed by atoms with van der Waals surface area (Å²) >= 11 is 1.40. The van der Waals surface area contributed by atoms with E-state index in [1.807, 2.05) is 37.3 Å². The fourth-order valence-corrected chi connectivity index (χ4v) is 4.31. The molecule has 8 heteroatoms. The van der Waals surface area contributed by atoms with Gasteiger partial charge in [-0.1, -0.05) is 60.2 Å². The first kappa shape index (κ1) is 21.3. The van der Waals surface area contributed by atoms with Crippen molar-refractivity contribution in [2.24, 2.45) is 0 Å². The second kappa shape index (κ2) is 9.45. The monoisotopic (exact) mass is 436 g/mol. The van der Waals surface area contributed by atoms with E-state index in [-0.39, 0.29) is 11.6 Å². The average Bonchev–Trinajstić information content (AvgIpc) is 3.27. The third kappa shape index (κ3) is 4.55. The number of aromatic nitrogens is 4. The third-order valence-corrected chi connectivity index (χ3v) is 5.97. The van der Waals surface area contributed by atoms with Gasteiger partial charge in [0.25, 0.3) is 5.56 Å². The molecule has 1 atom stereocenters. The molecule has 2 aromatic heterocycles. The van der Waals surface area contributed by atoms with Crippen LogP contribution < -0.4 is 5.56 Å². The summed E-state index contributed by atoms with van der Waals surface area (Å²) in [4.78, 5) is 22.3. The Morgan fingerprint density at radius 3 is 2.65 bits per heavy atom. The van der Waals surface area contributed by atoms with E-state index in [1.54, 1.807) is 17.7 Å². The molecule has 0 unspecified atom stereocenters. The van der Waals surface area contributed by atoms with Crippen molar-refractivity contribution in [2.45, 2.75) is 37.2 Å². The highest BCUT2D eigenvalue weighted by Crippen LogP contribution is 2.25. The number of para-hydroxylation sites is 1. The van der Waals surface area contributed by atoms with Crippen LogP contribution in [0.25, 0.3) is 22.3 Å². The Labute approximate surface area is 184 Å². The maximum atomic E-state index is 13.1. The van der Waals surface area contributed by atoms with Crippen molar-refractivity contribution in [3.05, 3.63) is 70.3 Å². The lowest BCUT2D eigenvalue weighted by Gasteiger charge is -2.18. The SMILES string of the molecule is CCc1ccc(-c2noc(CSc3nc4ccccc4c(=O)n3[C@H](C)COC)n2)cc1. The number of aryl methyl sites for hydroxylation is 1. The minimum atomic E-state index is -0.160. The number of methoxy groups -OCH3 is 1. The summed E-state index contributed by atoms with van der Waals surface area (Å²) in [5.74, 6) is 1.44. The molecular formula is C23H24N4O3S. The smallest absolute Gasteiger partial charge is 0.262 e. The Morgan fingerprint density at radius 1 is 1.13 bits per heavy atom. The highest BCUT2D eigenvalue weighted by atomic mass is 32.2. The zero-order valence-electron chi connectivity index (χ0n) is 17.7. The van der Waals surface area contributed by atoms with Crippen molar-refractivity contribution < 1.29 is 9.26 Å². The van der Waals surface area contributed by atoms with E-state index in [0.29, 0.717) is 40.1 Å². The molecule has 0 fully saturated rings. The Morgan fingerprint density at radius 2 is 1.90 bits per heavy atom. The third-order valence-electron chi connectivity index (χ3n) is 5.04. The van der Waals surface area contributed by atoms with Gasteiger partial charge in [-0.25, -0.2) is 4.98 Å². The molecule has 0 radical (unpaired) electrons. The van der Waals surface area contributed by atoms with Gasteiger partial charge in [0.15, 0.2) is 5.16 Å². The summed E-state index contributed by atoms with van der Waals surface area (Å²) in [6, 6.07) is 15.3. The van der Waals surface area contributed by atoms with Crippen LogP contribution in [0.1, 0.15) is 31.3 Å². The molecule has 0 aliphatic rings. The van der Waals surface area contributed by atoms with Crippen molar-refractivity contribution in [2.75, 3.05) is 13.7 Å². The number of hydrogen-bond acceptors (Lipinski definition) is 7. The van der Waals surface area contributed by atoms with E-state index < -0.39 is 0 Å². The van der Waals surface area contributed by atoms with Gasteiger partial charge in [-0.15, -0.1) is 0 Å². The zero-order valence-corrected chi connectivity index (χ0v) is 18.6. The van der Waals surface area contributed by atoms with Crippen LogP contribution in [-0.2, 0) is 16.9 Å². The number of benzene rings is 2. The summed E-state index contributed by atoms with van der Waals surface area (Å²) in [6.45, 7) is 4.47. The molecule has 0 saturated heterocycles. The van der Waals surface area contributed by atoms with Gasteiger partial charge in [0.05, 0.1) is 29.3 Å². The lowest BCUT2D eigenvalue weighted by atomic mass is 10.1. The van der Waals surface area contributed by atoms with E-state index in [1.165, 1.54) is 17.3 Å². The predicted octanol–water partition coefficient (Wildman–Crippen LogP) is 4.51. The van der Waals surface area contributed by atoms with Crippen LogP contribution in [0.15, 0.2) is 63.0 Å². The molecule has 0 aliphatic heterocycles. The molecule has 31 heavy (non-hydrogen) atoms. The second-order valence-corrected chi connectivity index (χ2v) is 8.18. The Bertz CT molecular complexity index is 1230. The average molecular weight is 437 g/mol. The van der Waals surface area contributed by atoms with Gasteiger partial charge >= 0.3 is 0 Å². The molecule has 4 aromatic rings. The minimum absolute atomic E-state index is 0.0834. The fourth-order valence-electron chi connectivity index (χ4n) is 3.38. The molecule has 0 N–H and O–H groups in total. The normalized spacial score (nSPS) is 12.4. The Kier molecular flexibility index (Phi) is 6.48. The number of hydrogen-bond donors (Lipinski definition) is 0. The maximum absolute atomic E-state index is 13.1. The zero-order chi connectivity index (χ0) is 21.8. The van der Waals surface area contributed by atoms with Crippen LogP contribution in [0.5, 0.6) is 0 Å². The molecule has 7 nitrogen and oxygen atoms in total. The molecular weight excluding hydrogens is 412 g/mol. The number of ether oxygens (including phenoxy) is 1.